The molecule has 2 heteroatoms. The van der Waals surface area contributed by atoms with Gasteiger partial charge in [0.05, 0.1) is 0 Å². The van der Waals surface area contributed by atoms with Gasteiger partial charge < -0.3 is 4.90 Å². The molecule has 0 atom stereocenters. The summed E-state index contributed by atoms with van der Waals surface area (Å²) in [7, 11) is 2.18. The van der Waals surface area contributed by atoms with Crippen molar-refractivity contribution in [2.45, 2.75) is 40.0 Å². The molecule has 0 fully saturated rings. The lowest BCUT2D eigenvalue weighted by atomic mass is 9.97. The van der Waals surface area contributed by atoms with Gasteiger partial charge in [-0.2, -0.15) is 0 Å². The number of benzene rings is 1. The number of hydrogen-bond donors (Lipinski definition) is 0. The zero-order chi connectivity index (χ0) is 15.2. The molecule has 112 valence electrons. The topological polar surface area (TPSA) is 16.1 Å². The van der Waals surface area contributed by atoms with Gasteiger partial charge in [-0.25, -0.2) is 0 Å². The lowest BCUT2D eigenvalue weighted by molar-refractivity contribution is 0.745. The molecule has 2 aromatic rings. The summed E-state index contributed by atoms with van der Waals surface area (Å²) in [5.74, 6) is 0. The third kappa shape index (κ3) is 3.44. The molecule has 2 heterocycles. The Morgan fingerprint density at radius 1 is 1.10 bits per heavy atom. The fourth-order valence-corrected chi connectivity index (χ4v) is 2.77. The van der Waals surface area contributed by atoms with E-state index in [2.05, 4.69) is 54.2 Å². The van der Waals surface area contributed by atoms with Crippen LogP contribution < -0.4 is 4.90 Å². The number of aryl methyl sites for hydroxylation is 2. The first kappa shape index (κ1) is 15.6. The van der Waals surface area contributed by atoms with Gasteiger partial charge in [0.25, 0.3) is 0 Å². The van der Waals surface area contributed by atoms with E-state index in [1.165, 1.54) is 41.8 Å². The first-order valence-corrected chi connectivity index (χ1v) is 8.07. The molecule has 0 N–H and O–H groups in total. The van der Waals surface area contributed by atoms with Gasteiger partial charge in [0.15, 0.2) is 0 Å². The van der Waals surface area contributed by atoms with Gasteiger partial charge in [0.2, 0.25) is 0 Å². The first-order valence-electron chi connectivity index (χ1n) is 8.07. The highest BCUT2D eigenvalue weighted by Gasteiger charge is 2.14. The normalized spacial score (nSPS) is 13.2. The van der Waals surface area contributed by atoms with E-state index in [4.69, 9.17) is 0 Å². The van der Waals surface area contributed by atoms with Crippen LogP contribution in [0.5, 0.6) is 0 Å². The molecule has 1 aromatic carbocycles. The summed E-state index contributed by atoms with van der Waals surface area (Å²) in [5, 5.41) is 0. The summed E-state index contributed by atoms with van der Waals surface area (Å²) in [4.78, 5) is 6.84. The lowest BCUT2D eigenvalue weighted by Gasteiger charge is -2.27. The van der Waals surface area contributed by atoms with Crippen LogP contribution in [0.4, 0.5) is 5.69 Å². The van der Waals surface area contributed by atoms with Crippen LogP contribution in [-0.2, 0) is 12.8 Å². The average molecular weight is 282 g/mol. The van der Waals surface area contributed by atoms with E-state index in [1.807, 2.05) is 20.0 Å². The van der Waals surface area contributed by atoms with Crippen LogP contribution in [0, 0.1) is 0 Å². The molecule has 3 rings (SSSR count). The summed E-state index contributed by atoms with van der Waals surface area (Å²) in [6, 6.07) is 11.1. The number of fused-ring (bicyclic) bond motifs is 1. The van der Waals surface area contributed by atoms with Crippen LogP contribution >= 0.6 is 0 Å². The number of anilines is 1. The molecule has 2 nitrogen and oxygen atoms in total. The predicted molar refractivity (Wildman–Crippen MR) is 92.0 cm³/mol. The third-order valence-electron chi connectivity index (χ3n) is 3.95. The number of nitrogens with zero attached hydrogens (tertiary/aromatic N) is 2. The molecule has 1 aromatic heterocycles. The monoisotopic (exact) mass is 282 g/mol. The predicted octanol–water partition coefficient (Wildman–Crippen LogP) is 4.72. The summed E-state index contributed by atoms with van der Waals surface area (Å²) in [5.41, 5.74) is 6.50. The van der Waals surface area contributed by atoms with Crippen molar-refractivity contribution in [3.8, 4) is 11.1 Å². The lowest BCUT2D eigenvalue weighted by Crippen LogP contribution is -2.24. The van der Waals surface area contributed by atoms with Crippen LogP contribution in [0.15, 0.2) is 36.5 Å². The number of hydrogen-bond acceptors (Lipinski definition) is 2. The van der Waals surface area contributed by atoms with Crippen LogP contribution in [-0.4, -0.2) is 18.6 Å². The molecule has 0 spiro atoms. The molecule has 0 bridgehead atoms. The van der Waals surface area contributed by atoms with Crippen molar-refractivity contribution in [1.82, 2.24) is 4.98 Å². The molecule has 1 aliphatic heterocycles. The number of pyridine rings is 1. The van der Waals surface area contributed by atoms with Crippen LogP contribution in [0.1, 0.15) is 38.4 Å². The van der Waals surface area contributed by atoms with Crippen molar-refractivity contribution < 1.29 is 0 Å². The zero-order valence-electron chi connectivity index (χ0n) is 13.7. The minimum atomic E-state index is 0.995. The molecule has 1 aliphatic rings. The summed E-state index contributed by atoms with van der Waals surface area (Å²) >= 11 is 0. The Morgan fingerprint density at radius 3 is 2.52 bits per heavy atom. The van der Waals surface area contributed by atoms with Gasteiger partial charge in [0.1, 0.15) is 0 Å². The van der Waals surface area contributed by atoms with Gasteiger partial charge in [-0.1, -0.05) is 32.9 Å². The molecule has 0 radical (unpaired) electrons. The molecule has 0 saturated carbocycles. The van der Waals surface area contributed by atoms with Crippen molar-refractivity contribution in [2.75, 3.05) is 18.5 Å². The minimum Gasteiger partial charge on any atom is -0.374 e. The maximum absolute atomic E-state index is 4.49. The Kier molecular flexibility index (Phi) is 5.38. The van der Waals surface area contributed by atoms with Crippen LogP contribution in [0.2, 0.25) is 0 Å². The van der Waals surface area contributed by atoms with Crippen molar-refractivity contribution >= 4 is 5.69 Å². The molecule has 0 amide bonds. The highest BCUT2D eigenvalue weighted by Crippen LogP contribution is 2.30. The Morgan fingerprint density at radius 2 is 1.86 bits per heavy atom. The van der Waals surface area contributed by atoms with E-state index in [-0.39, 0.29) is 0 Å². The Labute approximate surface area is 128 Å². The second-order valence-corrected chi connectivity index (χ2v) is 5.26. The van der Waals surface area contributed by atoms with E-state index >= 15 is 0 Å². The minimum absolute atomic E-state index is 0.995. The summed E-state index contributed by atoms with van der Waals surface area (Å²) in [6.07, 6.45) is 5.43. The largest absolute Gasteiger partial charge is 0.374 e. The molecule has 0 unspecified atom stereocenters. The fourth-order valence-electron chi connectivity index (χ4n) is 2.77. The Bertz CT molecular complexity index is 573. The van der Waals surface area contributed by atoms with Crippen molar-refractivity contribution in [3.05, 3.63) is 47.8 Å². The average Bonchev–Trinajstić information content (AvgIpc) is 2.57. The fraction of sp³-hybridized carbons (Fsp3) is 0.421. The third-order valence-corrected chi connectivity index (χ3v) is 3.95. The van der Waals surface area contributed by atoms with E-state index in [1.54, 1.807) is 0 Å². The van der Waals surface area contributed by atoms with Gasteiger partial charge in [-0.3, -0.25) is 4.98 Å². The molecule has 0 aliphatic carbocycles. The summed E-state index contributed by atoms with van der Waals surface area (Å²) < 4.78 is 0. The smallest absolute Gasteiger partial charge is 0.0401 e. The maximum Gasteiger partial charge on any atom is 0.0401 e. The number of aromatic nitrogens is 1. The highest BCUT2D eigenvalue weighted by atomic mass is 15.1. The van der Waals surface area contributed by atoms with Crippen LogP contribution in [0.25, 0.3) is 11.1 Å². The van der Waals surface area contributed by atoms with Gasteiger partial charge in [0, 0.05) is 36.7 Å². The van der Waals surface area contributed by atoms with E-state index in [0.29, 0.717) is 0 Å². The second kappa shape index (κ2) is 7.26. The van der Waals surface area contributed by atoms with Crippen molar-refractivity contribution in [1.29, 1.82) is 0 Å². The summed E-state index contributed by atoms with van der Waals surface area (Å²) in [6.45, 7) is 7.30. The molecule has 0 saturated heterocycles. The van der Waals surface area contributed by atoms with Gasteiger partial charge in [-0.05, 0) is 48.6 Å². The van der Waals surface area contributed by atoms with Gasteiger partial charge >= 0.3 is 0 Å². The molecular weight excluding hydrogens is 256 g/mol. The Hall–Kier alpha value is -1.83. The standard InChI is InChI=1S/C17H20N2.C2H6/c1-3-16-8-6-15(12-18-16)13-7-9-17-14(11-13)5-4-10-19(17)2;1-2/h6-9,11-12H,3-5,10H2,1-2H3;1-2H3. The molecule has 21 heavy (non-hydrogen) atoms. The maximum atomic E-state index is 4.49. The highest BCUT2D eigenvalue weighted by molar-refractivity contribution is 5.69. The first-order chi connectivity index (χ1) is 10.3. The van der Waals surface area contributed by atoms with Crippen LogP contribution in [0.3, 0.4) is 0 Å². The van der Waals surface area contributed by atoms with Crippen molar-refractivity contribution in [3.63, 3.8) is 0 Å². The molecular formula is C19H26N2. The van der Waals surface area contributed by atoms with E-state index in [0.717, 1.165) is 12.1 Å². The van der Waals surface area contributed by atoms with Crippen molar-refractivity contribution in [2.24, 2.45) is 0 Å². The van der Waals surface area contributed by atoms with E-state index < -0.39 is 0 Å². The van der Waals surface area contributed by atoms with E-state index in [9.17, 15) is 0 Å². The second-order valence-electron chi connectivity index (χ2n) is 5.26. The van der Waals surface area contributed by atoms with Gasteiger partial charge in [-0.15, -0.1) is 0 Å². The Balaban J connectivity index is 0.000000774. The SMILES string of the molecule is CC.CCc1ccc(-c2ccc3c(c2)CCCN3C)cn1. The quantitative estimate of drug-likeness (QED) is 0.792. The zero-order valence-corrected chi connectivity index (χ0v) is 13.7. The number of rotatable bonds is 2.